The molecule has 10 aromatic rings. The molecule has 2 amide bonds. The van der Waals surface area contributed by atoms with Crippen molar-refractivity contribution in [3.8, 4) is 22.3 Å². The molecule has 3 N–H and O–H groups in total. The molecule has 0 bridgehead atoms. The molecule has 424 valence electrons. The summed E-state index contributed by atoms with van der Waals surface area (Å²) < 4.78 is 10.0. The summed E-state index contributed by atoms with van der Waals surface area (Å²) >= 11 is 0. The van der Waals surface area contributed by atoms with Gasteiger partial charge in [-0.15, -0.1) is 0 Å². The summed E-state index contributed by atoms with van der Waals surface area (Å²) in [5.74, 6) is -1.91. The Kier molecular flexibility index (Phi) is 17.1. The maximum atomic E-state index is 13.0. The van der Waals surface area contributed by atoms with Gasteiger partial charge in [-0.3, -0.25) is 29.8 Å². The summed E-state index contributed by atoms with van der Waals surface area (Å²) in [5.41, 5.74) is 13.7. The Morgan fingerprint density at radius 2 is 0.893 bits per heavy atom. The van der Waals surface area contributed by atoms with Crippen molar-refractivity contribution in [2.45, 2.75) is 80.2 Å². The third-order valence-corrected chi connectivity index (χ3v) is 15.0. The second-order valence-electron chi connectivity index (χ2n) is 21.5. The van der Waals surface area contributed by atoms with Gasteiger partial charge in [0, 0.05) is 93.8 Å². The van der Waals surface area contributed by atoms with Crippen LogP contribution in [0.4, 0.5) is 11.4 Å². The first kappa shape index (κ1) is 58.2. The molecule has 84 heavy (non-hydrogen) atoms. The maximum Gasteiger partial charge on any atom is 0.339 e. The van der Waals surface area contributed by atoms with Gasteiger partial charge in [-0.25, -0.2) is 9.59 Å². The van der Waals surface area contributed by atoms with Gasteiger partial charge in [-0.2, -0.15) is 0 Å². The van der Waals surface area contributed by atoms with Crippen molar-refractivity contribution in [2.75, 3.05) is 0 Å². The molecular weight excluding hydrogens is 1060 g/mol. The van der Waals surface area contributed by atoms with Crippen LogP contribution in [-0.2, 0) is 30.9 Å². The first-order valence-corrected chi connectivity index (χ1v) is 27.2. The molecule has 0 unspecified atom stereocenters. The number of aromatic carboxylic acids is 1. The number of hydrogen-bond donors (Lipinski definition) is 3. The molecular formula is C68H62N6O10. The molecule has 0 spiro atoms. The zero-order valence-corrected chi connectivity index (χ0v) is 47.6. The molecule has 10 rings (SSSR count). The largest absolute Gasteiger partial charge is 0.478 e. The summed E-state index contributed by atoms with van der Waals surface area (Å²) in [7, 11) is 0. The van der Waals surface area contributed by atoms with Crippen molar-refractivity contribution in [1.82, 2.24) is 19.8 Å². The number of nitro groups is 2. The second kappa shape index (κ2) is 24.7. The SMILES string of the molecule is Cc1c(C)n(Cc2ccc(-c3ccccc3C(=O)O)cc2)c2ccc(C(=O)NCc3ccccc3[N+](=O)[O-])cc12.Cc1c(C)n(Cc2ccc(-c3ccccc3C(=O)OC(C)(C)C)cc2)c2ccc(C(=O)NCc3ccccc3[N+](=O)[O-])cc12. The summed E-state index contributed by atoms with van der Waals surface area (Å²) in [4.78, 5) is 72.1. The molecule has 16 nitrogen and oxygen atoms in total. The molecule has 0 radical (unpaired) electrons. The number of para-hydroxylation sites is 2. The third-order valence-electron chi connectivity index (χ3n) is 15.0. The number of ether oxygens (including phenoxy) is 1. The summed E-state index contributed by atoms with van der Waals surface area (Å²) in [6.07, 6.45) is 0. The molecule has 16 heteroatoms. The Hall–Kier alpha value is -10.5. The number of nitrogens with one attached hydrogen (secondary N) is 2. The van der Waals surface area contributed by atoms with Gasteiger partial charge in [0.25, 0.3) is 23.2 Å². The Bertz CT molecular complexity index is 4190. The van der Waals surface area contributed by atoms with Gasteiger partial charge in [-0.1, -0.05) is 121 Å². The minimum Gasteiger partial charge on any atom is -0.478 e. The van der Waals surface area contributed by atoms with Crippen LogP contribution in [0.3, 0.4) is 0 Å². The number of amides is 2. The van der Waals surface area contributed by atoms with Gasteiger partial charge in [0.05, 0.1) is 21.0 Å². The van der Waals surface area contributed by atoms with Crippen LogP contribution in [0.25, 0.3) is 44.1 Å². The summed E-state index contributed by atoms with van der Waals surface area (Å²) in [5, 5.41) is 39.7. The Morgan fingerprint density at radius 1 is 0.512 bits per heavy atom. The van der Waals surface area contributed by atoms with Gasteiger partial charge in [0.1, 0.15) is 5.60 Å². The first-order chi connectivity index (χ1) is 40.2. The number of aromatic nitrogens is 2. The van der Waals surface area contributed by atoms with E-state index in [0.29, 0.717) is 46.5 Å². The van der Waals surface area contributed by atoms with Crippen molar-refractivity contribution in [1.29, 1.82) is 0 Å². The lowest BCUT2D eigenvalue weighted by molar-refractivity contribution is -0.385. The fourth-order valence-corrected chi connectivity index (χ4v) is 10.3. The molecule has 0 aliphatic rings. The smallest absolute Gasteiger partial charge is 0.339 e. The van der Waals surface area contributed by atoms with E-state index >= 15 is 0 Å². The fourth-order valence-electron chi connectivity index (χ4n) is 10.3. The van der Waals surface area contributed by atoms with E-state index in [0.717, 1.165) is 72.1 Å². The number of carbonyl (C=O) groups is 4. The molecule has 0 atom stereocenters. The van der Waals surface area contributed by atoms with Crippen molar-refractivity contribution in [2.24, 2.45) is 0 Å². The second-order valence-corrected chi connectivity index (χ2v) is 21.5. The number of fused-ring (bicyclic) bond motifs is 2. The minimum atomic E-state index is -0.959. The van der Waals surface area contributed by atoms with Crippen LogP contribution in [0.2, 0.25) is 0 Å². The number of nitro benzene ring substituents is 2. The van der Waals surface area contributed by atoms with Crippen molar-refractivity contribution in [3.63, 3.8) is 0 Å². The normalized spacial score (nSPS) is 11.2. The van der Waals surface area contributed by atoms with E-state index in [2.05, 4.69) is 38.8 Å². The molecule has 8 aromatic carbocycles. The number of rotatable bonds is 16. The third kappa shape index (κ3) is 12.8. The Morgan fingerprint density at radius 3 is 1.30 bits per heavy atom. The molecule has 0 aliphatic carbocycles. The van der Waals surface area contributed by atoms with E-state index in [1.54, 1.807) is 72.8 Å². The van der Waals surface area contributed by atoms with Gasteiger partial charge in [0.15, 0.2) is 0 Å². The quantitative estimate of drug-likeness (QED) is 0.0472. The molecule has 2 heterocycles. The van der Waals surface area contributed by atoms with Crippen LogP contribution >= 0.6 is 0 Å². The first-order valence-electron chi connectivity index (χ1n) is 27.2. The number of benzene rings is 8. The van der Waals surface area contributed by atoms with Gasteiger partial charge >= 0.3 is 11.9 Å². The highest BCUT2D eigenvalue weighted by atomic mass is 16.6. The van der Waals surface area contributed by atoms with Crippen LogP contribution < -0.4 is 10.6 Å². The van der Waals surface area contributed by atoms with Gasteiger partial charge in [-0.05, 0) is 142 Å². The van der Waals surface area contributed by atoms with Crippen molar-refractivity contribution < 1.29 is 38.9 Å². The number of hydrogen-bond acceptors (Lipinski definition) is 9. The number of nitrogens with zero attached hydrogens (tertiary/aromatic N) is 4. The average Bonchev–Trinajstić information content (AvgIpc) is 2.59. The number of carboxylic acids is 1. The zero-order chi connectivity index (χ0) is 60.0. The average molecular weight is 1120 g/mol. The van der Waals surface area contributed by atoms with Gasteiger partial charge < -0.3 is 29.6 Å². The molecule has 0 aliphatic heterocycles. The predicted octanol–water partition coefficient (Wildman–Crippen LogP) is 14.3. The summed E-state index contributed by atoms with van der Waals surface area (Å²) in [6.45, 7) is 15.1. The minimum absolute atomic E-state index is 0.0212. The van der Waals surface area contributed by atoms with E-state index < -0.39 is 21.4 Å². The Balaban J connectivity index is 0.000000202. The topological polar surface area (TPSA) is 218 Å². The van der Waals surface area contributed by atoms with E-state index in [9.17, 15) is 44.5 Å². The van der Waals surface area contributed by atoms with E-state index in [1.807, 2.05) is 126 Å². The molecule has 0 saturated heterocycles. The number of aryl methyl sites for hydroxylation is 2. The lowest BCUT2D eigenvalue weighted by atomic mass is 9.98. The maximum absolute atomic E-state index is 13.0. The number of carboxylic acid groups (broad SMARTS) is 1. The highest BCUT2D eigenvalue weighted by molar-refractivity contribution is 6.01. The molecule has 0 saturated carbocycles. The lowest BCUT2D eigenvalue weighted by Crippen LogP contribution is -2.24. The molecule has 0 fully saturated rings. The van der Waals surface area contributed by atoms with E-state index in [-0.39, 0.29) is 47.8 Å². The monoisotopic (exact) mass is 1120 g/mol. The predicted molar refractivity (Wildman–Crippen MR) is 325 cm³/mol. The number of carbonyl (C=O) groups excluding carboxylic acids is 3. The van der Waals surface area contributed by atoms with Crippen molar-refractivity contribution in [3.05, 3.63) is 269 Å². The highest BCUT2D eigenvalue weighted by Crippen LogP contribution is 2.32. The zero-order valence-electron chi connectivity index (χ0n) is 47.6. The van der Waals surface area contributed by atoms with Crippen LogP contribution in [0.15, 0.2) is 182 Å². The lowest BCUT2D eigenvalue weighted by Gasteiger charge is -2.20. The van der Waals surface area contributed by atoms with Crippen LogP contribution in [0.5, 0.6) is 0 Å². The van der Waals surface area contributed by atoms with Gasteiger partial charge in [0.2, 0.25) is 0 Å². The molecule has 2 aromatic heterocycles. The van der Waals surface area contributed by atoms with Crippen LogP contribution in [0, 0.1) is 47.9 Å². The van der Waals surface area contributed by atoms with E-state index in [1.165, 1.54) is 12.1 Å². The van der Waals surface area contributed by atoms with Crippen LogP contribution in [-0.4, -0.2) is 53.4 Å². The van der Waals surface area contributed by atoms with Crippen molar-refractivity contribution >= 4 is 56.9 Å². The summed E-state index contributed by atoms with van der Waals surface area (Å²) in [6, 6.07) is 54.3. The Labute approximate surface area is 485 Å². The standard InChI is InChI=1S/C36H35N3O5.C32H27N3O5/c1-23-24(2)38(22-25-14-16-26(17-15-25)29-11-7-8-12-30(29)35(41)44-36(3,4)5)33-19-18-27(20-31(23)33)34(40)37-21-28-10-6-9-13-32(28)39(42)43;1-20-21(2)34(19-22-11-13-23(14-12-22)26-8-4-5-9-27(26)32(37)38)30-16-15-24(17-28(20)30)31(36)33-18-25-7-3-6-10-29(25)35(39)40/h6-20H,21-22H2,1-5H3,(H,37,40);3-17H,18-19H2,1-2H3,(H,33,36)(H,37,38). The highest BCUT2D eigenvalue weighted by Gasteiger charge is 2.23. The fraction of sp³-hybridized carbons (Fsp3) is 0.176. The van der Waals surface area contributed by atoms with E-state index in [4.69, 9.17) is 4.74 Å². The number of esters is 1. The van der Waals surface area contributed by atoms with Crippen LogP contribution in [0.1, 0.15) is 107 Å².